The minimum atomic E-state index is -0.784. The molecule has 0 aliphatic carbocycles. The molecule has 2 aromatic rings. The average molecular weight is 351 g/mol. The van der Waals surface area contributed by atoms with Crippen molar-refractivity contribution in [2.24, 2.45) is 0 Å². The second-order valence-corrected chi connectivity index (χ2v) is 7.58. The molecular formula is C20H25N5O. The van der Waals surface area contributed by atoms with E-state index in [9.17, 15) is 5.11 Å². The Morgan fingerprint density at radius 1 is 1.19 bits per heavy atom. The molecule has 3 aliphatic rings. The average Bonchev–Trinajstić information content (AvgIpc) is 3.35. The maximum absolute atomic E-state index is 10.8. The number of hydrogen-bond donors (Lipinski definition) is 2. The van der Waals surface area contributed by atoms with Crippen molar-refractivity contribution in [3.63, 3.8) is 0 Å². The summed E-state index contributed by atoms with van der Waals surface area (Å²) < 4.78 is 0. The molecule has 136 valence electrons. The lowest BCUT2D eigenvalue weighted by molar-refractivity contribution is 0.209. The standard InChI is InChI=1S/C20H25N5O/c26-19(20-22-11-15-10-21-12-18(15)23-20)14-3-1-4-16(9-14)25-8-7-24-6-2-5-17(24)13-25/h1,3-4,9,11,17,19,21,26H,2,5-8,10,12-13H2. The highest BCUT2D eigenvalue weighted by Gasteiger charge is 2.30. The number of hydrogen-bond acceptors (Lipinski definition) is 6. The van der Waals surface area contributed by atoms with E-state index in [-0.39, 0.29) is 0 Å². The van der Waals surface area contributed by atoms with Gasteiger partial charge in [-0.2, -0.15) is 0 Å². The lowest BCUT2D eigenvalue weighted by atomic mass is 10.1. The second-order valence-electron chi connectivity index (χ2n) is 7.58. The highest BCUT2D eigenvalue weighted by Crippen LogP contribution is 2.28. The van der Waals surface area contributed by atoms with Gasteiger partial charge < -0.3 is 15.3 Å². The number of aliphatic hydroxyl groups excluding tert-OH is 1. The molecule has 2 saturated heterocycles. The highest BCUT2D eigenvalue weighted by atomic mass is 16.3. The Morgan fingerprint density at radius 2 is 2.15 bits per heavy atom. The SMILES string of the molecule is OC(c1cccc(N2CCN3CCCC3C2)c1)c1ncc2c(n1)CNC2. The summed E-state index contributed by atoms with van der Waals surface area (Å²) in [6.07, 6.45) is 3.68. The molecule has 0 radical (unpaired) electrons. The van der Waals surface area contributed by atoms with Crippen molar-refractivity contribution in [2.45, 2.75) is 38.1 Å². The molecule has 1 aromatic heterocycles. The highest BCUT2D eigenvalue weighted by molar-refractivity contribution is 5.50. The quantitative estimate of drug-likeness (QED) is 0.873. The van der Waals surface area contributed by atoms with Crippen LogP contribution in [0.15, 0.2) is 30.5 Å². The Hall–Kier alpha value is -2.02. The van der Waals surface area contributed by atoms with Crippen LogP contribution in [0.3, 0.4) is 0 Å². The third-order valence-electron chi connectivity index (χ3n) is 5.96. The fourth-order valence-corrected chi connectivity index (χ4v) is 4.47. The van der Waals surface area contributed by atoms with Gasteiger partial charge in [0.15, 0.2) is 5.82 Å². The molecule has 0 saturated carbocycles. The number of benzene rings is 1. The van der Waals surface area contributed by atoms with Crippen LogP contribution in [0.1, 0.15) is 41.6 Å². The molecule has 6 nitrogen and oxygen atoms in total. The fourth-order valence-electron chi connectivity index (χ4n) is 4.47. The molecule has 2 N–H and O–H groups in total. The van der Waals surface area contributed by atoms with Crippen molar-refractivity contribution < 1.29 is 5.11 Å². The van der Waals surface area contributed by atoms with Gasteiger partial charge in [0.25, 0.3) is 0 Å². The molecule has 0 spiro atoms. The van der Waals surface area contributed by atoms with E-state index in [2.05, 4.69) is 37.2 Å². The maximum Gasteiger partial charge on any atom is 0.161 e. The number of aromatic nitrogens is 2. The third-order valence-corrected chi connectivity index (χ3v) is 5.96. The van der Waals surface area contributed by atoms with Crippen LogP contribution in [-0.2, 0) is 13.1 Å². The summed E-state index contributed by atoms with van der Waals surface area (Å²) in [6, 6.07) is 8.93. The van der Waals surface area contributed by atoms with E-state index in [0.717, 1.165) is 49.5 Å². The first-order valence-electron chi connectivity index (χ1n) is 9.60. The zero-order valence-electron chi connectivity index (χ0n) is 14.9. The monoisotopic (exact) mass is 351 g/mol. The fraction of sp³-hybridized carbons (Fsp3) is 0.500. The van der Waals surface area contributed by atoms with E-state index < -0.39 is 6.10 Å². The topological polar surface area (TPSA) is 64.5 Å². The molecule has 0 bridgehead atoms. The lowest BCUT2D eigenvalue weighted by Crippen LogP contribution is -2.50. The van der Waals surface area contributed by atoms with Crippen molar-refractivity contribution in [3.8, 4) is 0 Å². The molecule has 1 aromatic carbocycles. The number of aliphatic hydroxyl groups is 1. The van der Waals surface area contributed by atoms with Crippen LogP contribution in [0, 0.1) is 0 Å². The van der Waals surface area contributed by atoms with Gasteiger partial charge >= 0.3 is 0 Å². The van der Waals surface area contributed by atoms with Crippen LogP contribution < -0.4 is 10.2 Å². The van der Waals surface area contributed by atoms with E-state index in [4.69, 9.17) is 0 Å². The van der Waals surface area contributed by atoms with Crippen LogP contribution in [0.2, 0.25) is 0 Å². The van der Waals surface area contributed by atoms with E-state index in [0.29, 0.717) is 11.9 Å². The van der Waals surface area contributed by atoms with Gasteiger partial charge in [-0.05, 0) is 37.1 Å². The first-order valence-corrected chi connectivity index (χ1v) is 9.60. The van der Waals surface area contributed by atoms with Gasteiger partial charge in [0.2, 0.25) is 0 Å². The van der Waals surface area contributed by atoms with E-state index in [1.807, 2.05) is 18.3 Å². The summed E-state index contributed by atoms with van der Waals surface area (Å²) >= 11 is 0. The van der Waals surface area contributed by atoms with E-state index >= 15 is 0 Å². The summed E-state index contributed by atoms with van der Waals surface area (Å²) in [5.74, 6) is 0.491. The van der Waals surface area contributed by atoms with E-state index in [1.54, 1.807) is 0 Å². The summed E-state index contributed by atoms with van der Waals surface area (Å²) in [5.41, 5.74) is 4.19. The van der Waals surface area contributed by atoms with Crippen LogP contribution >= 0.6 is 0 Å². The molecule has 5 rings (SSSR count). The molecule has 2 atom stereocenters. The Balaban J connectivity index is 1.37. The van der Waals surface area contributed by atoms with Crippen molar-refractivity contribution in [3.05, 3.63) is 53.1 Å². The van der Waals surface area contributed by atoms with Crippen LogP contribution in [0.25, 0.3) is 0 Å². The predicted octanol–water partition coefficient (Wildman–Crippen LogP) is 1.45. The maximum atomic E-state index is 10.8. The number of fused-ring (bicyclic) bond motifs is 2. The largest absolute Gasteiger partial charge is 0.380 e. The number of anilines is 1. The molecular weight excluding hydrogens is 326 g/mol. The Morgan fingerprint density at radius 3 is 3.12 bits per heavy atom. The van der Waals surface area contributed by atoms with Crippen molar-refractivity contribution >= 4 is 5.69 Å². The van der Waals surface area contributed by atoms with Gasteiger partial charge in [-0.3, -0.25) is 4.90 Å². The van der Waals surface area contributed by atoms with Gasteiger partial charge in [0, 0.05) is 56.2 Å². The Bertz CT molecular complexity index is 811. The molecule has 3 aliphatic heterocycles. The second kappa shape index (κ2) is 6.61. The number of nitrogens with zero attached hydrogens (tertiary/aromatic N) is 4. The van der Waals surface area contributed by atoms with Gasteiger partial charge in [-0.15, -0.1) is 0 Å². The van der Waals surface area contributed by atoms with Crippen molar-refractivity contribution in [1.82, 2.24) is 20.2 Å². The number of nitrogens with one attached hydrogen (secondary N) is 1. The Kier molecular flexibility index (Phi) is 4.11. The van der Waals surface area contributed by atoms with Crippen LogP contribution in [-0.4, -0.2) is 52.2 Å². The predicted molar refractivity (Wildman–Crippen MR) is 99.9 cm³/mol. The van der Waals surface area contributed by atoms with Crippen LogP contribution in [0.4, 0.5) is 5.69 Å². The summed E-state index contributed by atoms with van der Waals surface area (Å²) in [7, 11) is 0. The molecule has 4 heterocycles. The van der Waals surface area contributed by atoms with Crippen molar-refractivity contribution in [2.75, 3.05) is 31.1 Å². The van der Waals surface area contributed by atoms with Crippen molar-refractivity contribution in [1.29, 1.82) is 0 Å². The normalized spacial score (nSPS) is 23.7. The summed E-state index contributed by atoms with van der Waals surface area (Å²) in [6.45, 7) is 6.09. The van der Waals surface area contributed by atoms with Gasteiger partial charge in [-0.1, -0.05) is 12.1 Å². The zero-order chi connectivity index (χ0) is 17.5. The zero-order valence-corrected chi connectivity index (χ0v) is 14.9. The molecule has 26 heavy (non-hydrogen) atoms. The first kappa shape index (κ1) is 16.2. The minimum absolute atomic E-state index is 0.491. The number of rotatable bonds is 3. The molecule has 6 heteroatoms. The Labute approximate surface area is 153 Å². The van der Waals surface area contributed by atoms with Gasteiger partial charge in [-0.25, -0.2) is 9.97 Å². The van der Waals surface area contributed by atoms with E-state index in [1.165, 1.54) is 25.1 Å². The first-order chi connectivity index (χ1) is 12.8. The number of piperazine rings is 1. The lowest BCUT2D eigenvalue weighted by Gasteiger charge is -2.39. The minimum Gasteiger partial charge on any atom is -0.380 e. The summed E-state index contributed by atoms with van der Waals surface area (Å²) in [5, 5.41) is 14.1. The van der Waals surface area contributed by atoms with Gasteiger partial charge in [0.05, 0.1) is 5.69 Å². The molecule has 2 unspecified atom stereocenters. The summed E-state index contributed by atoms with van der Waals surface area (Å²) in [4.78, 5) is 14.0. The third kappa shape index (κ3) is 2.88. The smallest absolute Gasteiger partial charge is 0.161 e. The molecule has 0 amide bonds. The molecule has 2 fully saturated rings. The van der Waals surface area contributed by atoms with Crippen LogP contribution in [0.5, 0.6) is 0 Å². The van der Waals surface area contributed by atoms with Gasteiger partial charge in [0.1, 0.15) is 6.10 Å².